The van der Waals surface area contributed by atoms with E-state index >= 15 is 0 Å². The number of para-hydroxylation sites is 1. The van der Waals surface area contributed by atoms with Gasteiger partial charge >= 0.3 is 0 Å². The maximum Gasteiger partial charge on any atom is 0.115 e. The van der Waals surface area contributed by atoms with Crippen molar-refractivity contribution in [3.8, 4) is 0 Å². The second-order valence-electron chi connectivity index (χ2n) is 3.60. The van der Waals surface area contributed by atoms with Crippen LogP contribution in [0.3, 0.4) is 0 Å². The lowest BCUT2D eigenvalue weighted by molar-refractivity contribution is 0.798. The first-order valence-corrected chi connectivity index (χ1v) is 5.75. The van der Waals surface area contributed by atoms with Crippen LogP contribution < -0.4 is 5.73 Å². The fourth-order valence-electron chi connectivity index (χ4n) is 1.52. The van der Waals surface area contributed by atoms with Crippen molar-refractivity contribution < 1.29 is 0 Å². The highest BCUT2D eigenvalue weighted by molar-refractivity contribution is 6.28. The largest absolute Gasteiger partial charge is 0.386 e. The highest BCUT2D eigenvalue weighted by Gasteiger charge is 2.02. The Morgan fingerprint density at radius 2 is 2.24 bits per heavy atom. The molecule has 0 amide bonds. The molecule has 0 bridgehead atoms. The van der Waals surface area contributed by atoms with Gasteiger partial charge in [0.1, 0.15) is 5.84 Å². The summed E-state index contributed by atoms with van der Waals surface area (Å²) in [4.78, 5) is 8.29. The van der Waals surface area contributed by atoms with Crippen LogP contribution in [-0.2, 0) is 6.54 Å². The molecule has 2 aromatic rings. The van der Waals surface area contributed by atoms with Crippen molar-refractivity contribution in [2.45, 2.75) is 6.54 Å². The smallest absolute Gasteiger partial charge is 0.115 e. The van der Waals surface area contributed by atoms with Crippen molar-refractivity contribution in [1.29, 1.82) is 0 Å². The van der Waals surface area contributed by atoms with Crippen LogP contribution in [-0.4, -0.2) is 21.3 Å². The first-order chi connectivity index (χ1) is 8.29. The Hall–Kier alpha value is -1.81. The molecule has 2 N–H and O–H groups in total. The van der Waals surface area contributed by atoms with Crippen molar-refractivity contribution in [1.82, 2.24) is 9.55 Å². The van der Waals surface area contributed by atoms with E-state index in [9.17, 15) is 0 Å². The molecule has 4 nitrogen and oxygen atoms in total. The topological polar surface area (TPSA) is 56.2 Å². The molecule has 0 saturated heterocycles. The van der Waals surface area contributed by atoms with Gasteiger partial charge in [-0.25, -0.2) is 9.98 Å². The predicted molar refractivity (Wildman–Crippen MR) is 69.8 cm³/mol. The molecule has 0 spiro atoms. The van der Waals surface area contributed by atoms with Crippen LogP contribution in [0.1, 0.15) is 5.56 Å². The summed E-state index contributed by atoms with van der Waals surface area (Å²) in [6.07, 6.45) is 5.43. The maximum absolute atomic E-state index is 5.65. The maximum atomic E-state index is 5.65. The number of amidine groups is 1. The summed E-state index contributed by atoms with van der Waals surface area (Å²) >= 11 is 5.63. The number of aromatic nitrogens is 2. The molecular formula is C12H13ClN4. The molecule has 1 aromatic heterocycles. The molecule has 0 aliphatic carbocycles. The van der Waals surface area contributed by atoms with E-state index < -0.39 is 0 Å². The zero-order valence-corrected chi connectivity index (χ0v) is 10.0. The number of benzene rings is 1. The molecule has 0 aliphatic rings. The lowest BCUT2D eigenvalue weighted by atomic mass is 10.2. The summed E-state index contributed by atoms with van der Waals surface area (Å²) < 4.78 is 1.98. The van der Waals surface area contributed by atoms with E-state index in [1.54, 1.807) is 12.5 Å². The Morgan fingerprint density at radius 3 is 2.94 bits per heavy atom. The molecule has 0 fully saturated rings. The standard InChI is InChI=1S/C12H13ClN4/c13-7-12(14)16-11-4-2-1-3-10(11)8-17-6-5-15-9-17/h1-6,9H,7-8H2,(H2,14,16). The minimum absolute atomic E-state index is 0.236. The Morgan fingerprint density at radius 1 is 1.41 bits per heavy atom. The number of nitrogens with zero attached hydrogens (tertiary/aromatic N) is 3. The van der Waals surface area contributed by atoms with Crippen LogP contribution in [0.2, 0.25) is 0 Å². The third-order valence-corrected chi connectivity index (χ3v) is 2.58. The van der Waals surface area contributed by atoms with Gasteiger partial charge in [-0.1, -0.05) is 18.2 Å². The average molecular weight is 249 g/mol. The first kappa shape index (κ1) is 11.7. The number of nitrogens with two attached hydrogens (primary N) is 1. The minimum atomic E-state index is 0.236. The number of imidazole rings is 1. The zero-order valence-electron chi connectivity index (χ0n) is 9.25. The van der Waals surface area contributed by atoms with Crippen molar-refractivity contribution in [3.05, 3.63) is 48.5 Å². The van der Waals surface area contributed by atoms with Crippen LogP contribution in [0.25, 0.3) is 0 Å². The Kier molecular flexibility index (Phi) is 3.77. The summed E-state index contributed by atoms with van der Waals surface area (Å²) in [7, 11) is 0. The van der Waals surface area contributed by atoms with Gasteiger partial charge in [0.25, 0.3) is 0 Å². The number of halogens is 1. The van der Waals surface area contributed by atoms with E-state index in [0.717, 1.165) is 17.8 Å². The zero-order chi connectivity index (χ0) is 12.1. The number of hydrogen-bond acceptors (Lipinski definition) is 2. The minimum Gasteiger partial charge on any atom is -0.386 e. The van der Waals surface area contributed by atoms with E-state index in [-0.39, 0.29) is 5.88 Å². The Bertz CT molecular complexity index is 505. The van der Waals surface area contributed by atoms with Crippen LogP contribution in [0.5, 0.6) is 0 Å². The number of rotatable bonds is 4. The third-order valence-electron chi connectivity index (χ3n) is 2.30. The summed E-state index contributed by atoms with van der Waals surface area (Å²) in [5.41, 5.74) is 7.57. The van der Waals surface area contributed by atoms with Gasteiger partial charge in [0.15, 0.2) is 0 Å². The van der Waals surface area contributed by atoms with Gasteiger partial charge in [0.05, 0.1) is 24.4 Å². The molecule has 0 saturated carbocycles. The van der Waals surface area contributed by atoms with Gasteiger partial charge < -0.3 is 10.3 Å². The fraction of sp³-hybridized carbons (Fsp3) is 0.167. The summed E-state index contributed by atoms with van der Waals surface area (Å²) in [5.74, 6) is 0.657. The van der Waals surface area contributed by atoms with Crippen LogP contribution >= 0.6 is 11.6 Å². The lowest BCUT2D eigenvalue weighted by Gasteiger charge is -2.06. The second kappa shape index (κ2) is 5.50. The van der Waals surface area contributed by atoms with Gasteiger partial charge in [-0.2, -0.15) is 0 Å². The molecular weight excluding hydrogens is 236 g/mol. The molecule has 2 rings (SSSR count). The summed E-state index contributed by atoms with van der Waals surface area (Å²) in [6, 6.07) is 7.84. The van der Waals surface area contributed by atoms with Gasteiger partial charge in [-0.15, -0.1) is 11.6 Å². The quantitative estimate of drug-likeness (QED) is 0.512. The monoisotopic (exact) mass is 248 g/mol. The number of aliphatic imine (C=N–C) groups is 1. The molecule has 88 valence electrons. The second-order valence-corrected chi connectivity index (χ2v) is 3.87. The van der Waals surface area contributed by atoms with Crippen LogP contribution in [0.15, 0.2) is 48.0 Å². The summed E-state index contributed by atoms with van der Waals surface area (Å²) in [5, 5.41) is 0. The molecule has 17 heavy (non-hydrogen) atoms. The van der Waals surface area contributed by atoms with Crippen LogP contribution in [0, 0.1) is 0 Å². The SMILES string of the molecule is NC(CCl)=Nc1ccccc1Cn1ccnc1. The third kappa shape index (κ3) is 3.07. The Labute approximate surface area is 105 Å². The van der Waals surface area contributed by atoms with Crippen molar-refractivity contribution in [2.24, 2.45) is 10.7 Å². The number of alkyl halides is 1. The molecule has 1 aromatic carbocycles. The lowest BCUT2D eigenvalue weighted by Crippen LogP contribution is -2.12. The predicted octanol–water partition coefficient (Wildman–Crippen LogP) is 2.16. The molecule has 0 unspecified atom stereocenters. The molecule has 0 aliphatic heterocycles. The summed E-state index contributed by atoms with van der Waals surface area (Å²) in [6.45, 7) is 0.717. The fourth-order valence-corrected chi connectivity index (χ4v) is 1.57. The van der Waals surface area contributed by atoms with E-state index in [0.29, 0.717) is 5.84 Å². The van der Waals surface area contributed by atoms with Gasteiger partial charge in [0.2, 0.25) is 0 Å². The van der Waals surface area contributed by atoms with Crippen molar-refractivity contribution in [3.63, 3.8) is 0 Å². The van der Waals surface area contributed by atoms with Gasteiger partial charge in [-0.05, 0) is 11.6 Å². The normalized spacial score (nSPS) is 11.7. The first-order valence-electron chi connectivity index (χ1n) is 5.22. The molecule has 5 heteroatoms. The Balaban J connectivity index is 2.28. The van der Waals surface area contributed by atoms with E-state index in [1.165, 1.54) is 0 Å². The molecule has 0 radical (unpaired) electrons. The van der Waals surface area contributed by atoms with Gasteiger partial charge in [-0.3, -0.25) is 0 Å². The van der Waals surface area contributed by atoms with E-state index in [1.807, 2.05) is 35.0 Å². The molecule has 1 heterocycles. The van der Waals surface area contributed by atoms with E-state index in [2.05, 4.69) is 9.98 Å². The van der Waals surface area contributed by atoms with Gasteiger partial charge in [0, 0.05) is 12.4 Å². The average Bonchev–Trinajstić information content (AvgIpc) is 2.84. The van der Waals surface area contributed by atoms with Crippen molar-refractivity contribution in [2.75, 3.05) is 5.88 Å². The number of hydrogen-bond donors (Lipinski definition) is 1. The highest BCUT2D eigenvalue weighted by Crippen LogP contribution is 2.19. The van der Waals surface area contributed by atoms with Crippen LogP contribution in [0.4, 0.5) is 5.69 Å². The highest BCUT2D eigenvalue weighted by atomic mass is 35.5. The molecule has 0 atom stereocenters. The van der Waals surface area contributed by atoms with Crippen molar-refractivity contribution >= 4 is 23.1 Å². The van der Waals surface area contributed by atoms with E-state index in [4.69, 9.17) is 17.3 Å².